The molecular weight excluding hydrogens is 334 g/mol. The number of hydrogen-bond donors (Lipinski definition) is 2. The SMILES string of the molecule is CC(C)(Cc1c[nH]c2cc(F)ccc12)NC(=O)CC1(C(=O)[O-])CC1.[Na+]. The Bertz CT molecular complexity index is 812. The van der Waals surface area contributed by atoms with Crippen LogP contribution in [0, 0.1) is 11.2 Å². The van der Waals surface area contributed by atoms with E-state index in [4.69, 9.17) is 0 Å². The Morgan fingerprint density at radius 1 is 1.36 bits per heavy atom. The number of hydrogen-bond acceptors (Lipinski definition) is 3. The van der Waals surface area contributed by atoms with Gasteiger partial charge in [-0.1, -0.05) is 0 Å². The van der Waals surface area contributed by atoms with Crippen LogP contribution in [0.15, 0.2) is 24.4 Å². The summed E-state index contributed by atoms with van der Waals surface area (Å²) in [5.41, 5.74) is 0.151. The number of carboxylic acid groups (broad SMARTS) is 1. The number of carboxylic acids is 1. The van der Waals surface area contributed by atoms with Gasteiger partial charge >= 0.3 is 29.6 Å². The molecule has 0 spiro atoms. The molecule has 1 saturated carbocycles. The predicted molar refractivity (Wildman–Crippen MR) is 85.5 cm³/mol. The van der Waals surface area contributed by atoms with E-state index in [9.17, 15) is 19.1 Å². The molecule has 1 aliphatic rings. The maximum atomic E-state index is 13.3. The summed E-state index contributed by atoms with van der Waals surface area (Å²) >= 11 is 0. The molecule has 1 aliphatic carbocycles. The van der Waals surface area contributed by atoms with Crippen molar-refractivity contribution < 1.29 is 48.6 Å². The number of benzene rings is 1. The van der Waals surface area contributed by atoms with E-state index in [-0.39, 0.29) is 47.7 Å². The van der Waals surface area contributed by atoms with Gasteiger partial charge in [-0.25, -0.2) is 4.39 Å². The van der Waals surface area contributed by atoms with Crippen LogP contribution in [0.4, 0.5) is 4.39 Å². The normalized spacial score (nSPS) is 15.5. The first kappa shape index (κ1) is 19.9. The van der Waals surface area contributed by atoms with Crippen molar-refractivity contribution in [3.63, 3.8) is 0 Å². The number of aliphatic carboxylic acids is 1. The first-order chi connectivity index (χ1) is 11.2. The second-order valence-electron chi connectivity index (χ2n) is 7.36. The molecule has 0 radical (unpaired) electrons. The van der Waals surface area contributed by atoms with Crippen molar-refractivity contribution in [1.29, 1.82) is 0 Å². The largest absolute Gasteiger partial charge is 1.00 e. The zero-order chi connectivity index (χ0) is 17.5. The van der Waals surface area contributed by atoms with Crippen LogP contribution in [0.1, 0.15) is 38.7 Å². The van der Waals surface area contributed by atoms with Gasteiger partial charge in [-0.3, -0.25) is 4.79 Å². The van der Waals surface area contributed by atoms with Crippen LogP contribution in [0.25, 0.3) is 10.9 Å². The Kier molecular flexibility index (Phi) is 5.66. The Morgan fingerprint density at radius 2 is 2.04 bits per heavy atom. The monoisotopic (exact) mass is 354 g/mol. The minimum absolute atomic E-state index is 0. The van der Waals surface area contributed by atoms with Crippen molar-refractivity contribution in [2.45, 2.75) is 45.1 Å². The van der Waals surface area contributed by atoms with Crippen molar-refractivity contribution in [2.24, 2.45) is 5.41 Å². The third kappa shape index (κ3) is 4.43. The summed E-state index contributed by atoms with van der Waals surface area (Å²) in [7, 11) is 0. The topological polar surface area (TPSA) is 85.0 Å². The number of nitrogens with one attached hydrogen (secondary N) is 2. The van der Waals surface area contributed by atoms with E-state index in [2.05, 4.69) is 10.3 Å². The quantitative estimate of drug-likeness (QED) is 0.631. The van der Waals surface area contributed by atoms with Crippen LogP contribution in [-0.2, 0) is 16.0 Å². The van der Waals surface area contributed by atoms with Gasteiger partial charge in [-0.05, 0) is 56.9 Å². The van der Waals surface area contributed by atoms with Crippen molar-refractivity contribution >= 4 is 22.8 Å². The number of halogens is 1. The maximum absolute atomic E-state index is 13.3. The van der Waals surface area contributed by atoms with Crippen LogP contribution in [0.3, 0.4) is 0 Å². The predicted octanol–water partition coefficient (Wildman–Crippen LogP) is -1.33. The van der Waals surface area contributed by atoms with Crippen LogP contribution >= 0.6 is 0 Å². The molecule has 2 aromatic rings. The molecule has 0 atom stereocenters. The molecule has 1 aromatic heterocycles. The number of fused-ring (bicyclic) bond motifs is 1. The van der Waals surface area contributed by atoms with Crippen molar-refractivity contribution in [1.82, 2.24) is 10.3 Å². The van der Waals surface area contributed by atoms with Gasteiger partial charge in [0.15, 0.2) is 0 Å². The second-order valence-corrected chi connectivity index (χ2v) is 7.36. The smallest absolute Gasteiger partial charge is 0.550 e. The molecule has 0 aliphatic heterocycles. The number of amides is 1. The van der Waals surface area contributed by atoms with E-state index in [1.807, 2.05) is 20.0 Å². The van der Waals surface area contributed by atoms with E-state index in [1.54, 1.807) is 6.07 Å². The Labute approximate surface area is 167 Å². The Balaban J connectivity index is 0.00000225. The molecule has 1 heterocycles. The summed E-state index contributed by atoms with van der Waals surface area (Å²) in [5, 5.41) is 14.9. The van der Waals surface area contributed by atoms with Gasteiger partial charge in [0, 0.05) is 40.4 Å². The summed E-state index contributed by atoms with van der Waals surface area (Å²) in [6.45, 7) is 3.76. The number of aromatic amines is 1. The first-order valence-electron chi connectivity index (χ1n) is 7.99. The van der Waals surface area contributed by atoms with Gasteiger partial charge in [-0.15, -0.1) is 0 Å². The van der Waals surface area contributed by atoms with E-state index in [0.29, 0.717) is 24.8 Å². The van der Waals surface area contributed by atoms with Crippen molar-refractivity contribution in [3.8, 4) is 0 Å². The van der Waals surface area contributed by atoms with Gasteiger partial charge < -0.3 is 20.2 Å². The minimum Gasteiger partial charge on any atom is -0.550 e. The summed E-state index contributed by atoms with van der Waals surface area (Å²) < 4.78 is 13.3. The molecule has 0 saturated heterocycles. The molecule has 1 fully saturated rings. The van der Waals surface area contributed by atoms with Gasteiger partial charge in [-0.2, -0.15) is 0 Å². The average Bonchev–Trinajstić information content (AvgIpc) is 3.14. The van der Waals surface area contributed by atoms with Crippen LogP contribution in [0.2, 0.25) is 0 Å². The number of aromatic nitrogens is 1. The van der Waals surface area contributed by atoms with E-state index >= 15 is 0 Å². The summed E-state index contributed by atoms with van der Waals surface area (Å²) in [4.78, 5) is 26.3. The number of carbonyl (C=O) groups excluding carboxylic acids is 2. The molecule has 2 N–H and O–H groups in total. The number of rotatable bonds is 6. The molecule has 3 rings (SSSR count). The van der Waals surface area contributed by atoms with Gasteiger partial charge in [0.05, 0.1) is 0 Å². The fourth-order valence-electron chi connectivity index (χ4n) is 3.16. The van der Waals surface area contributed by atoms with Crippen LogP contribution in [-0.4, -0.2) is 22.4 Å². The summed E-state index contributed by atoms with van der Waals surface area (Å²) in [5.74, 6) is -1.73. The van der Waals surface area contributed by atoms with Crippen LogP contribution < -0.4 is 40.0 Å². The minimum atomic E-state index is -1.14. The molecule has 0 bridgehead atoms. The molecule has 1 aromatic carbocycles. The first-order valence-corrected chi connectivity index (χ1v) is 7.99. The fraction of sp³-hybridized carbons (Fsp3) is 0.444. The third-order valence-corrected chi connectivity index (χ3v) is 4.63. The number of H-pyrrole nitrogens is 1. The summed E-state index contributed by atoms with van der Waals surface area (Å²) in [6.07, 6.45) is 3.30. The zero-order valence-corrected chi connectivity index (χ0v) is 16.7. The van der Waals surface area contributed by atoms with E-state index in [1.165, 1.54) is 12.1 Å². The van der Waals surface area contributed by atoms with Gasteiger partial charge in [0.25, 0.3) is 0 Å². The molecular formula is C18H20FN2NaO3. The molecule has 128 valence electrons. The Hall–Kier alpha value is -1.37. The number of carbonyl (C=O) groups is 2. The van der Waals surface area contributed by atoms with Crippen molar-refractivity contribution in [3.05, 3.63) is 35.8 Å². The zero-order valence-electron chi connectivity index (χ0n) is 14.7. The molecule has 7 heteroatoms. The molecule has 0 unspecified atom stereocenters. The third-order valence-electron chi connectivity index (χ3n) is 4.63. The average molecular weight is 354 g/mol. The van der Waals surface area contributed by atoms with Crippen LogP contribution in [0.5, 0.6) is 0 Å². The Morgan fingerprint density at radius 3 is 2.64 bits per heavy atom. The van der Waals surface area contributed by atoms with E-state index < -0.39 is 16.9 Å². The second kappa shape index (κ2) is 7.09. The van der Waals surface area contributed by atoms with Gasteiger partial charge in [0.1, 0.15) is 5.82 Å². The van der Waals surface area contributed by atoms with E-state index in [0.717, 1.165) is 10.9 Å². The van der Waals surface area contributed by atoms with Gasteiger partial charge in [0.2, 0.25) is 5.91 Å². The fourth-order valence-corrected chi connectivity index (χ4v) is 3.16. The molecule has 1 amide bonds. The molecule has 25 heavy (non-hydrogen) atoms. The standard InChI is InChI=1S/C18H21FN2O3.Na/c1-17(2,21-15(22)9-18(5-6-18)16(23)24)8-11-10-20-14-7-12(19)3-4-13(11)14;/h3-4,7,10,20H,5-6,8-9H2,1-2H3,(H,21,22)(H,23,24);/q;+1/p-1. The molecule has 5 nitrogen and oxygen atoms in total. The summed E-state index contributed by atoms with van der Waals surface area (Å²) in [6, 6.07) is 4.55. The van der Waals surface area contributed by atoms with Crippen molar-refractivity contribution in [2.75, 3.05) is 0 Å². The maximum Gasteiger partial charge on any atom is 1.00 e.